The van der Waals surface area contributed by atoms with E-state index >= 15 is 0 Å². The third-order valence-electron chi connectivity index (χ3n) is 2.97. The summed E-state index contributed by atoms with van der Waals surface area (Å²) in [7, 11) is 0. The molecule has 0 amide bonds. The van der Waals surface area contributed by atoms with Crippen LogP contribution in [0.4, 0.5) is 0 Å². The summed E-state index contributed by atoms with van der Waals surface area (Å²) < 4.78 is 25.0. The van der Waals surface area contributed by atoms with E-state index in [0.717, 1.165) is 27.7 Å². The SMILES string of the molecule is CC(=O)OC[C@H]1O[C@@H](O)[C@H](OC(C)=O)[C@H](OC(C)=O)[C@@H]1OC(C)=O. The molecule has 0 aromatic heterocycles. The van der Waals surface area contributed by atoms with Crippen LogP contribution in [0.5, 0.6) is 0 Å². The second kappa shape index (κ2) is 8.60. The molecule has 0 aliphatic carbocycles. The van der Waals surface area contributed by atoms with E-state index < -0.39 is 54.6 Å². The van der Waals surface area contributed by atoms with Crippen molar-refractivity contribution in [1.29, 1.82) is 0 Å². The fourth-order valence-electron chi connectivity index (χ4n) is 2.21. The van der Waals surface area contributed by atoms with Crippen molar-refractivity contribution in [2.75, 3.05) is 6.61 Å². The van der Waals surface area contributed by atoms with Crippen LogP contribution in [0.15, 0.2) is 0 Å². The first-order chi connectivity index (χ1) is 11.1. The van der Waals surface area contributed by atoms with Crippen LogP contribution in [0.25, 0.3) is 0 Å². The van der Waals surface area contributed by atoms with Crippen LogP contribution in [-0.4, -0.2) is 66.3 Å². The number of rotatable bonds is 5. The molecule has 24 heavy (non-hydrogen) atoms. The quantitative estimate of drug-likeness (QED) is 0.490. The monoisotopic (exact) mass is 348 g/mol. The van der Waals surface area contributed by atoms with Gasteiger partial charge in [0.2, 0.25) is 0 Å². The molecule has 136 valence electrons. The largest absolute Gasteiger partial charge is 0.463 e. The molecule has 0 bridgehead atoms. The Labute approximate surface area is 137 Å². The summed E-state index contributed by atoms with van der Waals surface area (Å²) in [4.78, 5) is 44.9. The van der Waals surface area contributed by atoms with Crippen molar-refractivity contribution in [3.63, 3.8) is 0 Å². The van der Waals surface area contributed by atoms with Gasteiger partial charge in [-0.15, -0.1) is 0 Å². The molecule has 1 saturated heterocycles. The van der Waals surface area contributed by atoms with Gasteiger partial charge < -0.3 is 28.8 Å². The molecule has 0 spiro atoms. The summed E-state index contributed by atoms with van der Waals surface area (Å²) in [6, 6.07) is 0. The number of carbonyl (C=O) groups excluding carboxylic acids is 4. The standard InChI is InChI=1S/C14H20O10/c1-6(15)20-5-10-11(21-7(2)16)12(22-8(3)17)13(14(19)24-10)23-9(4)18/h10-14,19H,5H2,1-4H3/t10-,11-,12-,13-,14-/m1/s1. The van der Waals surface area contributed by atoms with Crippen molar-refractivity contribution in [2.45, 2.75) is 58.4 Å². The summed E-state index contributed by atoms with van der Waals surface area (Å²) in [6.45, 7) is 4.09. The molecule has 0 radical (unpaired) electrons. The minimum Gasteiger partial charge on any atom is -0.463 e. The predicted molar refractivity (Wildman–Crippen MR) is 74.2 cm³/mol. The predicted octanol–water partition coefficient (Wildman–Crippen LogP) is -0.938. The highest BCUT2D eigenvalue weighted by molar-refractivity contribution is 5.68. The number of ether oxygens (including phenoxy) is 5. The molecular formula is C14H20O10. The van der Waals surface area contributed by atoms with Crippen molar-refractivity contribution in [2.24, 2.45) is 0 Å². The fourth-order valence-corrected chi connectivity index (χ4v) is 2.21. The van der Waals surface area contributed by atoms with Crippen LogP contribution < -0.4 is 0 Å². The lowest BCUT2D eigenvalue weighted by Crippen LogP contribution is -2.62. The molecule has 0 unspecified atom stereocenters. The number of carbonyl (C=O) groups is 4. The zero-order valence-electron chi connectivity index (χ0n) is 13.7. The van der Waals surface area contributed by atoms with Crippen molar-refractivity contribution in [3.8, 4) is 0 Å². The van der Waals surface area contributed by atoms with Gasteiger partial charge in [-0.25, -0.2) is 0 Å². The topological polar surface area (TPSA) is 135 Å². The van der Waals surface area contributed by atoms with Crippen LogP contribution in [0, 0.1) is 0 Å². The molecule has 0 aromatic rings. The molecule has 1 N–H and O–H groups in total. The zero-order valence-corrected chi connectivity index (χ0v) is 13.7. The second-order valence-electron chi connectivity index (χ2n) is 5.09. The first kappa shape index (κ1) is 19.8. The number of hydrogen-bond acceptors (Lipinski definition) is 10. The van der Waals surface area contributed by atoms with Crippen LogP contribution >= 0.6 is 0 Å². The van der Waals surface area contributed by atoms with Gasteiger partial charge in [0.25, 0.3) is 0 Å². The van der Waals surface area contributed by atoms with Crippen molar-refractivity contribution in [3.05, 3.63) is 0 Å². The van der Waals surface area contributed by atoms with Gasteiger partial charge in [0.15, 0.2) is 24.6 Å². The molecule has 0 aromatic carbocycles. The molecule has 1 aliphatic rings. The van der Waals surface area contributed by atoms with Gasteiger partial charge in [0.05, 0.1) is 0 Å². The van der Waals surface area contributed by atoms with Crippen LogP contribution in [0.1, 0.15) is 27.7 Å². The molecule has 10 nitrogen and oxygen atoms in total. The van der Waals surface area contributed by atoms with Gasteiger partial charge in [-0.2, -0.15) is 0 Å². The van der Waals surface area contributed by atoms with E-state index in [9.17, 15) is 24.3 Å². The van der Waals surface area contributed by atoms with Gasteiger partial charge >= 0.3 is 23.9 Å². The van der Waals surface area contributed by atoms with E-state index in [1.165, 1.54) is 0 Å². The zero-order chi connectivity index (χ0) is 18.4. The maximum absolute atomic E-state index is 11.3. The van der Waals surface area contributed by atoms with Gasteiger partial charge in [0.1, 0.15) is 12.7 Å². The Bertz CT molecular complexity index is 502. The summed E-state index contributed by atoms with van der Waals surface area (Å²) in [5.41, 5.74) is 0. The Morgan fingerprint density at radius 3 is 1.71 bits per heavy atom. The first-order valence-corrected chi connectivity index (χ1v) is 7.10. The number of aliphatic hydroxyl groups is 1. The van der Waals surface area contributed by atoms with Crippen molar-refractivity contribution < 1.29 is 48.0 Å². The molecule has 5 atom stereocenters. The van der Waals surface area contributed by atoms with Gasteiger partial charge in [-0.05, 0) is 0 Å². The summed E-state index contributed by atoms with van der Waals surface area (Å²) in [5.74, 6) is -2.87. The lowest BCUT2D eigenvalue weighted by molar-refractivity contribution is -0.296. The third-order valence-corrected chi connectivity index (χ3v) is 2.97. The molecule has 10 heteroatoms. The molecule has 1 heterocycles. The Hall–Kier alpha value is -2.20. The van der Waals surface area contributed by atoms with Crippen LogP contribution in [0.3, 0.4) is 0 Å². The summed E-state index contributed by atoms with van der Waals surface area (Å²) >= 11 is 0. The van der Waals surface area contributed by atoms with E-state index in [1.807, 2.05) is 0 Å². The second-order valence-corrected chi connectivity index (χ2v) is 5.09. The van der Waals surface area contributed by atoms with Gasteiger partial charge in [-0.1, -0.05) is 0 Å². The normalized spacial score (nSPS) is 29.3. The highest BCUT2D eigenvalue weighted by atomic mass is 16.7. The molecule has 1 fully saturated rings. The maximum Gasteiger partial charge on any atom is 0.303 e. The number of aliphatic hydroxyl groups excluding tert-OH is 1. The highest BCUT2D eigenvalue weighted by Crippen LogP contribution is 2.28. The van der Waals surface area contributed by atoms with Crippen LogP contribution in [0.2, 0.25) is 0 Å². The van der Waals surface area contributed by atoms with Crippen molar-refractivity contribution in [1.82, 2.24) is 0 Å². The summed E-state index contributed by atoms with van der Waals surface area (Å²) in [5, 5.41) is 10.0. The maximum atomic E-state index is 11.3. The number of esters is 4. The van der Waals surface area contributed by atoms with E-state index in [4.69, 9.17) is 23.7 Å². The summed E-state index contributed by atoms with van der Waals surface area (Å²) in [6.07, 6.45) is -6.79. The first-order valence-electron chi connectivity index (χ1n) is 7.10. The van der Waals surface area contributed by atoms with Crippen LogP contribution in [-0.2, 0) is 42.9 Å². The van der Waals surface area contributed by atoms with E-state index in [1.54, 1.807) is 0 Å². The molecule has 0 saturated carbocycles. The fraction of sp³-hybridized carbons (Fsp3) is 0.714. The average molecular weight is 348 g/mol. The average Bonchev–Trinajstić information content (AvgIpc) is 2.42. The minimum atomic E-state index is -1.68. The highest BCUT2D eigenvalue weighted by Gasteiger charge is 2.51. The Kier molecular flexibility index (Phi) is 7.11. The smallest absolute Gasteiger partial charge is 0.303 e. The van der Waals surface area contributed by atoms with Gasteiger partial charge in [0, 0.05) is 27.7 Å². The van der Waals surface area contributed by atoms with E-state index in [2.05, 4.69) is 0 Å². The molecule has 1 aliphatic heterocycles. The molecule has 1 rings (SSSR count). The Balaban J connectivity index is 3.11. The lowest BCUT2D eigenvalue weighted by atomic mass is 9.98. The Morgan fingerprint density at radius 1 is 0.792 bits per heavy atom. The van der Waals surface area contributed by atoms with Crippen molar-refractivity contribution >= 4 is 23.9 Å². The third kappa shape index (κ3) is 5.78. The lowest BCUT2D eigenvalue weighted by Gasteiger charge is -2.42. The molecular weight excluding hydrogens is 328 g/mol. The Morgan fingerprint density at radius 2 is 1.25 bits per heavy atom. The van der Waals surface area contributed by atoms with Gasteiger partial charge in [-0.3, -0.25) is 19.2 Å². The van der Waals surface area contributed by atoms with E-state index in [0.29, 0.717) is 0 Å². The number of hydrogen-bond donors (Lipinski definition) is 1. The minimum absolute atomic E-state index is 0.366. The van der Waals surface area contributed by atoms with E-state index in [-0.39, 0.29) is 6.61 Å².